The SMILES string of the molecule is CC(=O)Nc1ccc2c(O)c(C)c(C)cc2c1. The number of anilines is 1. The number of aromatic hydroxyl groups is 1. The summed E-state index contributed by atoms with van der Waals surface area (Å²) in [5, 5.41) is 14.5. The van der Waals surface area contributed by atoms with E-state index >= 15 is 0 Å². The fraction of sp³-hybridized carbons (Fsp3) is 0.214. The van der Waals surface area contributed by atoms with Gasteiger partial charge in [-0.05, 0) is 48.6 Å². The van der Waals surface area contributed by atoms with Crippen molar-refractivity contribution in [1.82, 2.24) is 0 Å². The topological polar surface area (TPSA) is 49.3 Å². The lowest BCUT2D eigenvalue weighted by atomic mass is 10.0. The maximum absolute atomic E-state index is 11.0. The number of hydrogen-bond donors (Lipinski definition) is 2. The van der Waals surface area contributed by atoms with Crippen LogP contribution in [0.5, 0.6) is 5.75 Å². The highest BCUT2D eigenvalue weighted by Gasteiger charge is 2.07. The Morgan fingerprint density at radius 2 is 1.94 bits per heavy atom. The van der Waals surface area contributed by atoms with Gasteiger partial charge in [-0.1, -0.05) is 6.07 Å². The summed E-state index contributed by atoms with van der Waals surface area (Å²) in [5.41, 5.74) is 2.67. The number of aryl methyl sites for hydroxylation is 1. The molecule has 1 amide bonds. The molecule has 0 radical (unpaired) electrons. The summed E-state index contributed by atoms with van der Waals surface area (Å²) in [6.45, 7) is 5.33. The Morgan fingerprint density at radius 1 is 1.24 bits per heavy atom. The molecule has 0 saturated heterocycles. The lowest BCUT2D eigenvalue weighted by Crippen LogP contribution is -2.05. The first kappa shape index (κ1) is 11.5. The van der Waals surface area contributed by atoms with Gasteiger partial charge in [-0.25, -0.2) is 0 Å². The van der Waals surface area contributed by atoms with Crippen LogP contribution in [0.1, 0.15) is 18.1 Å². The lowest BCUT2D eigenvalue weighted by Gasteiger charge is -2.09. The van der Waals surface area contributed by atoms with Crippen LogP contribution >= 0.6 is 0 Å². The molecule has 3 heteroatoms. The molecule has 0 aliphatic rings. The predicted molar refractivity (Wildman–Crippen MR) is 69.4 cm³/mol. The molecule has 0 unspecified atom stereocenters. The number of carbonyl (C=O) groups excluding carboxylic acids is 1. The maximum Gasteiger partial charge on any atom is 0.221 e. The van der Waals surface area contributed by atoms with Gasteiger partial charge in [0.1, 0.15) is 5.75 Å². The zero-order valence-electron chi connectivity index (χ0n) is 10.2. The molecule has 2 aromatic rings. The Labute approximate surface area is 100 Å². The monoisotopic (exact) mass is 229 g/mol. The number of carbonyl (C=O) groups is 1. The highest BCUT2D eigenvalue weighted by atomic mass is 16.3. The lowest BCUT2D eigenvalue weighted by molar-refractivity contribution is -0.114. The van der Waals surface area contributed by atoms with Crippen LogP contribution in [0, 0.1) is 13.8 Å². The van der Waals surface area contributed by atoms with Gasteiger partial charge in [0, 0.05) is 18.0 Å². The molecule has 3 nitrogen and oxygen atoms in total. The molecular formula is C14H15NO2. The number of fused-ring (bicyclic) bond motifs is 1. The minimum atomic E-state index is -0.0996. The van der Waals surface area contributed by atoms with E-state index in [1.807, 2.05) is 32.0 Å². The fourth-order valence-corrected chi connectivity index (χ4v) is 1.91. The summed E-state index contributed by atoms with van der Waals surface area (Å²) in [6.07, 6.45) is 0. The van der Waals surface area contributed by atoms with Crippen molar-refractivity contribution in [2.45, 2.75) is 20.8 Å². The van der Waals surface area contributed by atoms with E-state index < -0.39 is 0 Å². The van der Waals surface area contributed by atoms with E-state index in [0.29, 0.717) is 5.75 Å². The molecule has 0 spiro atoms. The average Bonchev–Trinajstić information content (AvgIpc) is 2.25. The van der Waals surface area contributed by atoms with E-state index in [2.05, 4.69) is 5.32 Å². The number of phenols is 1. The van der Waals surface area contributed by atoms with Gasteiger partial charge in [-0.15, -0.1) is 0 Å². The molecular weight excluding hydrogens is 214 g/mol. The second-order valence-electron chi connectivity index (χ2n) is 4.28. The molecule has 0 saturated carbocycles. The third-order valence-corrected chi connectivity index (χ3v) is 2.95. The van der Waals surface area contributed by atoms with E-state index in [-0.39, 0.29) is 5.91 Å². The number of phenolic OH excluding ortho intramolecular Hbond substituents is 1. The molecule has 2 N–H and O–H groups in total. The van der Waals surface area contributed by atoms with Crippen LogP contribution in [0.3, 0.4) is 0 Å². The molecule has 0 atom stereocenters. The summed E-state index contributed by atoms with van der Waals surface area (Å²) in [4.78, 5) is 11.0. The Kier molecular flexibility index (Phi) is 2.76. The third-order valence-electron chi connectivity index (χ3n) is 2.95. The summed E-state index contributed by atoms with van der Waals surface area (Å²) in [7, 11) is 0. The summed E-state index contributed by atoms with van der Waals surface area (Å²) >= 11 is 0. The number of amides is 1. The van der Waals surface area contributed by atoms with Crippen molar-refractivity contribution in [2.75, 3.05) is 5.32 Å². The molecule has 0 aromatic heterocycles. The minimum absolute atomic E-state index is 0.0996. The van der Waals surface area contributed by atoms with Crippen LogP contribution in [0.25, 0.3) is 10.8 Å². The number of benzene rings is 2. The van der Waals surface area contributed by atoms with Crippen LogP contribution in [-0.4, -0.2) is 11.0 Å². The van der Waals surface area contributed by atoms with Crippen LogP contribution in [0.4, 0.5) is 5.69 Å². The van der Waals surface area contributed by atoms with Gasteiger partial charge >= 0.3 is 0 Å². The van der Waals surface area contributed by atoms with E-state index in [9.17, 15) is 9.90 Å². The van der Waals surface area contributed by atoms with Crippen molar-refractivity contribution in [1.29, 1.82) is 0 Å². The van der Waals surface area contributed by atoms with E-state index in [0.717, 1.165) is 27.6 Å². The van der Waals surface area contributed by atoms with Crippen LogP contribution in [0.15, 0.2) is 24.3 Å². The number of hydrogen-bond acceptors (Lipinski definition) is 2. The first-order valence-corrected chi connectivity index (χ1v) is 5.49. The van der Waals surface area contributed by atoms with Gasteiger partial charge in [0.25, 0.3) is 0 Å². The Morgan fingerprint density at radius 3 is 2.59 bits per heavy atom. The second kappa shape index (κ2) is 4.09. The zero-order chi connectivity index (χ0) is 12.6. The second-order valence-corrected chi connectivity index (χ2v) is 4.28. The predicted octanol–water partition coefficient (Wildman–Crippen LogP) is 3.12. The molecule has 88 valence electrons. The van der Waals surface area contributed by atoms with Gasteiger partial charge in [0.15, 0.2) is 0 Å². The normalized spacial score (nSPS) is 10.5. The average molecular weight is 229 g/mol. The zero-order valence-corrected chi connectivity index (χ0v) is 10.2. The maximum atomic E-state index is 11.0. The van der Waals surface area contributed by atoms with Crippen molar-refractivity contribution in [3.63, 3.8) is 0 Å². The minimum Gasteiger partial charge on any atom is -0.507 e. The van der Waals surface area contributed by atoms with Crippen molar-refractivity contribution in [3.05, 3.63) is 35.4 Å². The summed E-state index contributed by atoms with van der Waals surface area (Å²) in [6, 6.07) is 7.49. The number of nitrogens with one attached hydrogen (secondary N) is 1. The first-order valence-electron chi connectivity index (χ1n) is 5.49. The van der Waals surface area contributed by atoms with Gasteiger partial charge in [-0.3, -0.25) is 4.79 Å². The van der Waals surface area contributed by atoms with Crippen LogP contribution in [0.2, 0.25) is 0 Å². The molecule has 0 aliphatic heterocycles. The fourth-order valence-electron chi connectivity index (χ4n) is 1.91. The highest BCUT2D eigenvalue weighted by molar-refractivity contribution is 5.96. The molecule has 0 aliphatic carbocycles. The summed E-state index contributed by atoms with van der Waals surface area (Å²) in [5.74, 6) is 0.215. The molecule has 0 fully saturated rings. The van der Waals surface area contributed by atoms with Gasteiger partial charge < -0.3 is 10.4 Å². The smallest absolute Gasteiger partial charge is 0.221 e. The third kappa shape index (κ3) is 2.09. The van der Waals surface area contributed by atoms with Gasteiger partial charge in [-0.2, -0.15) is 0 Å². The summed E-state index contributed by atoms with van der Waals surface area (Å²) < 4.78 is 0. The standard InChI is InChI=1S/C14H15NO2/c1-8-6-11-7-12(15-10(3)16)4-5-13(11)14(17)9(8)2/h4-7,17H,1-3H3,(H,15,16). The Balaban J connectivity index is 2.62. The Hall–Kier alpha value is -2.03. The molecule has 0 heterocycles. The quantitative estimate of drug-likeness (QED) is 0.789. The van der Waals surface area contributed by atoms with E-state index in [1.165, 1.54) is 6.92 Å². The molecule has 2 aromatic carbocycles. The van der Waals surface area contributed by atoms with Crippen LogP contribution in [-0.2, 0) is 4.79 Å². The van der Waals surface area contributed by atoms with E-state index in [4.69, 9.17) is 0 Å². The largest absolute Gasteiger partial charge is 0.507 e. The van der Waals surface area contributed by atoms with E-state index in [1.54, 1.807) is 6.07 Å². The first-order chi connectivity index (χ1) is 7.99. The molecule has 0 bridgehead atoms. The van der Waals surface area contributed by atoms with Gasteiger partial charge in [0.2, 0.25) is 5.91 Å². The van der Waals surface area contributed by atoms with Crippen molar-refractivity contribution >= 4 is 22.4 Å². The van der Waals surface area contributed by atoms with Crippen LogP contribution < -0.4 is 5.32 Å². The van der Waals surface area contributed by atoms with Crippen molar-refractivity contribution in [3.8, 4) is 5.75 Å². The molecule has 2 rings (SSSR count). The van der Waals surface area contributed by atoms with Crippen molar-refractivity contribution < 1.29 is 9.90 Å². The number of rotatable bonds is 1. The van der Waals surface area contributed by atoms with Crippen molar-refractivity contribution in [2.24, 2.45) is 0 Å². The Bertz CT molecular complexity index is 603. The molecule has 17 heavy (non-hydrogen) atoms. The highest BCUT2D eigenvalue weighted by Crippen LogP contribution is 2.32. The van der Waals surface area contributed by atoms with Gasteiger partial charge in [0.05, 0.1) is 0 Å².